The fourth-order valence-electron chi connectivity index (χ4n) is 2.68. The van der Waals surface area contributed by atoms with Gasteiger partial charge in [0.25, 0.3) is 5.91 Å². The quantitative estimate of drug-likeness (QED) is 0.654. The molecule has 1 aliphatic heterocycles. The van der Waals surface area contributed by atoms with Gasteiger partial charge in [-0.2, -0.15) is 0 Å². The maximum Gasteiger partial charge on any atom is 0.335 e. The summed E-state index contributed by atoms with van der Waals surface area (Å²) in [6.45, 7) is 1.21. The van der Waals surface area contributed by atoms with E-state index in [4.69, 9.17) is 5.11 Å². The van der Waals surface area contributed by atoms with Gasteiger partial charge in [-0.05, 0) is 12.1 Å². The summed E-state index contributed by atoms with van der Waals surface area (Å²) < 4.78 is 0. The highest BCUT2D eigenvalue weighted by atomic mass is 16.4. The minimum absolute atomic E-state index is 0.0247. The van der Waals surface area contributed by atoms with E-state index in [1.807, 2.05) is 0 Å². The zero-order chi connectivity index (χ0) is 17.4. The van der Waals surface area contributed by atoms with E-state index in [1.54, 1.807) is 30.3 Å². The molecule has 1 heterocycles. The second-order valence-electron chi connectivity index (χ2n) is 5.29. The summed E-state index contributed by atoms with van der Waals surface area (Å²) in [7, 11) is 0. The third kappa shape index (κ3) is 2.34. The zero-order valence-electron chi connectivity index (χ0n) is 12.7. The van der Waals surface area contributed by atoms with Crippen molar-refractivity contribution in [2.24, 2.45) is 0 Å². The van der Waals surface area contributed by atoms with Crippen LogP contribution in [0.2, 0.25) is 0 Å². The molecule has 6 heteroatoms. The van der Waals surface area contributed by atoms with Crippen LogP contribution in [0.4, 0.5) is 5.69 Å². The van der Waals surface area contributed by atoms with Crippen molar-refractivity contribution in [3.8, 4) is 0 Å². The number of aliphatic hydroxyl groups excluding tert-OH is 1. The van der Waals surface area contributed by atoms with E-state index in [-0.39, 0.29) is 22.6 Å². The molecule has 0 aromatic heterocycles. The predicted molar refractivity (Wildman–Crippen MR) is 87.5 cm³/mol. The van der Waals surface area contributed by atoms with Crippen molar-refractivity contribution in [3.63, 3.8) is 0 Å². The molecule has 0 radical (unpaired) electrons. The highest BCUT2D eigenvalue weighted by molar-refractivity contribution is 6.42. The molecule has 6 nitrogen and oxygen atoms in total. The molecule has 2 amide bonds. The van der Waals surface area contributed by atoms with Crippen molar-refractivity contribution >= 4 is 34.8 Å². The number of rotatable bonds is 2. The molecule has 2 aromatic carbocycles. The Labute approximate surface area is 137 Å². The van der Waals surface area contributed by atoms with Gasteiger partial charge in [-0.3, -0.25) is 9.59 Å². The number of hydrogen-bond acceptors (Lipinski definition) is 4. The minimum atomic E-state index is -1.17. The fraction of sp³-hybridized carbons (Fsp3) is 0.0556. The molecule has 1 aliphatic rings. The third-order valence-electron chi connectivity index (χ3n) is 3.77. The standard InChI is InChI=1S/C18H13NO5/c1-10(20)19-14-9-12(18(23)24)7-8-13(14)15(17(19)22)16(21)11-5-3-2-4-6-11/h2-9,21H,1H3,(H,23,24). The van der Waals surface area contributed by atoms with Gasteiger partial charge in [0.2, 0.25) is 5.91 Å². The molecular weight excluding hydrogens is 310 g/mol. The summed E-state index contributed by atoms with van der Waals surface area (Å²) in [6, 6.07) is 12.5. The van der Waals surface area contributed by atoms with Crippen molar-refractivity contribution in [2.75, 3.05) is 4.90 Å². The van der Waals surface area contributed by atoms with Crippen LogP contribution in [-0.4, -0.2) is 28.0 Å². The number of anilines is 1. The van der Waals surface area contributed by atoms with E-state index >= 15 is 0 Å². The van der Waals surface area contributed by atoms with Gasteiger partial charge in [0, 0.05) is 18.1 Å². The molecule has 2 aromatic rings. The number of aromatic carboxylic acids is 1. The van der Waals surface area contributed by atoms with Gasteiger partial charge in [0.1, 0.15) is 5.76 Å². The molecule has 0 saturated carbocycles. The Hall–Kier alpha value is -3.41. The Morgan fingerprint density at radius 2 is 1.62 bits per heavy atom. The molecule has 0 aliphatic carbocycles. The Balaban J connectivity index is 2.27. The number of carboxylic acid groups (broad SMARTS) is 1. The van der Waals surface area contributed by atoms with Crippen LogP contribution in [0.3, 0.4) is 0 Å². The van der Waals surface area contributed by atoms with Crippen molar-refractivity contribution in [3.05, 3.63) is 65.2 Å². The van der Waals surface area contributed by atoms with Crippen LogP contribution in [0.1, 0.15) is 28.4 Å². The Kier molecular flexibility index (Phi) is 3.65. The van der Waals surface area contributed by atoms with Gasteiger partial charge in [0.05, 0.1) is 16.8 Å². The summed E-state index contributed by atoms with van der Waals surface area (Å²) in [5.41, 5.74) is 0.836. The molecule has 0 atom stereocenters. The second-order valence-corrected chi connectivity index (χ2v) is 5.29. The van der Waals surface area contributed by atoms with Gasteiger partial charge >= 0.3 is 5.97 Å². The van der Waals surface area contributed by atoms with E-state index < -0.39 is 17.8 Å². The molecule has 0 fully saturated rings. The number of carboxylic acids is 1. The number of carbonyl (C=O) groups excluding carboxylic acids is 2. The molecule has 0 spiro atoms. The van der Waals surface area contributed by atoms with Crippen LogP contribution in [-0.2, 0) is 9.59 Å². The number of carbonyl (C=O) groups is 3. The first-order valence-corrected chi connectivity index (χ1v) is 7.13. The molecule has 0 unspecified atom stereocenters. The average Bonchev–Trinajstić information content (AvgIpc) is 2.86. The maximum absolute atomic E-state index is 12.6. The van der Waals surface area contributed by atoms with Gasteiger partial charge in [-0.1, -0.05) is 36.4 Å². The van der Waals surface area contributed by atoms with Crippen LogP contribution in [0, 0.1) is 0 Å². The zero-order valence-corrected chi connectivity index (χ0v) is 12.7. The van der Waals surface area contributed by atoms with Crippen LogP contribution >= 0.6 is 0 Å². The van der Waals surface area contributed by atoms with E-state index in [2.05, 4.69) is 0 Å². The average molecular weight is 323 g/mol. The van der Waals surface area contributed by atoms with Gasteiger partial charge < -0.3 is 10.2 Å². The van der Waals surface area contributed by atoms with E-state index in [1.165, 1.54) is 25.1 Å². The Bertz CT molecular complexity index is 899. The normalized spacial score (nSPS) is 15.2. The predicted octanol–water partition coefficient (Wildman–Crippen LogP) is 2.70. The first-order valence-electron chi connectivity index (χ1n) is 7.13. The fourth-order valence-corrected chi connectivity index (χ4v) is 2.68. The van der Waals surface area contributed by atoms with Crippen molar-refractivity contribution in [1.29, 1.82) is 0 Å². The number of fused-ring (bicyclic) bond motifs is 1. The molecule has 0 saturated heterocycles. The van der Waals surface area contributed by atoms with Crippen LogP contribution in [0.25, 0.3) is 11.3 Å². The molecule has 2 N–H and O–H groups in total. The number of amides is 2. The van der Waals surface area contributed by atoms with Crippen molar-refractivity contribution in [2.45, 2.75) is 6.92 Å². The lowest BCUT2D eigenvalue weighted by Gasteiger charge is -2.12. The van der Waals surface area contributed by atoms with E-state index in [0.29, 0.717) is 11.1 Å². The minimum Gasteiger partial charge on any atom is -0.506 e. The van der Waals surface area contributed by atoms with Crippen LogP contribution < -0.4 is 4.90 Å². The molecule has 24 heavy (non-hydrogen) atoms. The maximum atomic E-state index is 12.6. The molecular formula is C18H13NO5. The largest absolute Gasteiger partial charge is 0.506 e. The number of imide groups is 1. The SMILES string of the molecule is CC(=O)N1C(=O)C(=C(O)c2ccccc2)c2ccc(C(=O)O)cc21. The highest BCUT2D eigenvalue weighted by Gasteiger charge is 2.38. The number of aliphatic hydroxyl groups is 1. The lowest BCUT2D eigenvalue weighted by atomic mass is 10.0. The molecule has 120 valence electrons. The van der Waals surface area contributed by atoms with Gasteiger partial charge in [-0.15, -0.1) is 0 Å². The van der Waals surface area contributed by atoms with Crippen molar-refractivity contribution < 1.29 is 24.6 Å². The lowest BCUT2D eigenvalue weighted by Crippen LogP contribution is -2.31. The molecule has 3 rings (SSSR count). The first kappa shape index (κ1) is 15.5. The number of nitrogens with zero attached hydrogens (tertiary/aromatic N) is 1. The number of benzene rings is 2. The topological polar surface area (TPSA) is 94.9 Å². The second kappa shape index (κ2) is 5.66. The summed E-state index contributed by atoms with van der Waals surface area (Å²) in [5.74, 6) is -2.66. The Morgan fingerprint density at radius 1 is 0.958 bits per heavy atom. The van der Waals surface area contributed by atoms with Crippen molar-refractivity contribution in [1.82, 2.24) is 0 Å². The smallest absolute Gasteiger partial charge is 0.335 e. The third-order valence-corrected chi connectivity index (χ3v) is 3.77. The van der Waals surface area contributed by atoms with Gasteiger partial charge in [-0.25, -0.2) is 9.69 Å². The Morgan fingerprint density at radius 3 is 2.21 bits per heavy atom. The summed E-state index contributed by atoms with van der Waals surface area (Å²) >= 11 is 0. The van der Waals surface area contributed by atoms with E-state index in [0.717, 1.165) is 4.90 Å². The van der Waals surface area contributed by atoms with Gasteiger partial charge in [0.15, 0.2) is 0 Å². The summed E-state index contributed by atoms with van der Waals surface area (Å²) in [4.78, 5) is 36.5. The lowest BCUT2D eigenvalue weighted by molar-refractivity contribution is -0.122. The summed E-state index contributed by atoms with van der Waals surface area (Å²) in [5, 5.41) is 19.6. The van der Waals surface area contributed by atoms with Crippen LogP contribution in [0.15, 0.2) is 48.5 Å². The molecule has 0 bridgehead atoms. The van der Waals surface area contributed by atoms with Crippen LogP contribution in [0.5, 0.6) is 0 Å². The van der Waals surface area contributed by atoms with E-state index in [9.17, 15) is 19.5 Å². The first-order chi connectivity index (χ1) is 11.4. The monoisotopic (exact) mass is 323 g/mol. The summed E-state index contributed by atoms with van der Waals surface area (Å²) in [6.07, 6.45) is 0. The number of hydrogen-bond donors (Lipinski definition) is 2. The highest BCUT2D eigenvalue weighted by Crippen LogP contribution is 2.40.